The van der Waals surface area contributed by atoms with Crippen molar-refractivity contribution in [2.75, 3.05) is 56.0 Å². The second-order valence-corrected chi connectivity index (χ2v) is 35.0. The van der Waals surface area contributed by atoms with Crippen LogP contribution in [-0.2, 0) is 54.8 Å². The topological polar surface area (TPSA) is 222 Å². The Labute approximate surface area is 666 Å². The normalized spacial score (nSPS) is 15.5. The maximum atomic E-state index is 12.6. The number of allylic oxidation sites excluding steroid dienone is 2. The zero-order chi connectivity index (χ0) is 78.5. The van der Waals surface area contributed by atoms with Crippen molar-refractivity contribution in [1.29, 1.82) is 0 Å². The van der Waals surface area contributed by atoms with Crippen LogP contribution in [0.4, 0.5) is 16.2 Å². The van der Waals surface area contributed by atoms with E-state index >= 15 is 0 Å². The van der Waals surface area contributed by atoms with Crippen molar-refractivity contribution in [3.63, 3.8) is 0 Å². The van der Waals surface area contributed by atoms with Gasteiger partial charge in [0.2, 0.25) is 11.8 Å². The Morgan fingerprint density at radius 3 is 1.52 bits per heavy atom. The predicted molar refractivity (Wildman–Crippen MR) is 457 cm³/mol. The van der Waals surface area contributed by atoms with Crippen LogP contribution in [0.3, 0.4) is 0 Å². The first-order valence-corrected chi connectivity index (χ1v) is 40.0. The molecule has 7 rings (SSSR count). The van der Waals surface area contributed by atoms with Crippen LogP contribution in [0.1, 0.15) is 293 Å². The molecule has 0 bridgehead atoms. The third-order valence-electron chi connectivity index (χ3n) is 18.8. The molecule has 0 unspecified atom stereocenters. The Morgan fingerprint density at radius 1 is 0.560 bits per heavy atom. The van der Waals surface area contributed by atoms with Crippen molar-refractivity contribution in [3.8, 4) is 5.75 Å². The average Bonchev–Trinajstić information content (AvgIpc) is 1.57. The minimum atomic E-state index is -0.161. The summed E-state index contributed by atoms with van der Waals surface area (Å²) in [6, 6.07) is 29.2. The van der Waals surface area contributed by atoms with E-state index in [1.165, 1.54) is 16.7 Å². The number of hydrogen-bond acceptors (Lipinski definition) is 13. The smallest absolute Gasteiger partial charge is 0.315 e. The van der Waals surface area contributed by atoms with Gasteiger partial charge in [0.1, 0.15) is 35.5 Å². The molecule has 4 amide bonds. The minimum absolute atomic E-state index is 0. The van der Waals surface area contributed by atoms with Gasteiger partial charge in [-0.1, -0.05) is 203 Å². The van der Waals surface area contributed by atoms with Gasteiger partial charge in [-0.25, -0.2) is 4.79 Å². The van der Waals surface area contributed by atoms with Gasteiger partial charge in [0.25, 0.3) is 0 Å². The van der Waals surface area contributed by atoms with Gasteiger partial charge in [0.05, 0.1) is 38.0 Å². The molecule has 16 nitrogen and oxygen atoms in total. The third kappa shape index (κ3) is 42.9. The van der Waals surface area contributed by atoms with E-state index in [1.54, 1.807) is 12.1 Å². The number of anilines is 2. The number of carbonyl (C=O) groups is 8. The first-order chi connectivity index (χ1) is 49.9. The standard InChI is InChI=1S/C36H56N2O7S.2C19H29NO2.C15H18O.2CH4.B.H2/c1-35(2,3)18-8-7-11-30(40)25-45-23-22-44-21-20-43-19-9-12-31(41)28-16-14-27(15-17-28)24-29(39)10-5-6-13-32-33-36(4,26-46-32)38-34(42)37-33;2*1-15-9-5-6-11-17(15)20-18(22)13-12-16(21)10-7-8-14-19(2,3)4;1-10-8-11(2)16-14-9-12(15(3,4)5)6-7-13(10)14;;;;/h14-17,32-33H,5-13,18-26H2,1-4H3,(H2,37,38,42);2*5-6,9,11H,7-8,10,12-14H2,1-4H3,(H,20,22);6-9H,2H2,1,3-5H3;2*1H4;;1H/t32-,33+,36-;;;;;;;/m1......./s1/i;;;;;;;1+1. The van der Waals surface area contributed by atoms with Crippen LogP contribution in [0.15, 0.2) is 109 Å². The van der Waals surface area contributed by atoms with E-state index in [2.05, 4.69) is 143 Å². The maximum absolute atomic E-state index is 12.6. The van der Waals surface area contributed by atoms with Gasteiger partial charge in [0, 0.05) is 114 Å². The number of carbonyl (C=O) groups excluding carboxylic acids is 8. The van der Waals surface area contributed by atoms with Crippen molar-refractivity contribution in [2.45, 2.75) is 296 Å². The summed E-state index contributed by atoms with van der Waals surface area (Å²) in [7, 11) is 0. The molecule has 2 saturated heterocycles. The Morgan fingerprint density at radius 2 is 1.03 bits per heavy atom. The van der Waals surface area contributed by atoms with Gasteiger partial charge in [-0.05, 0) is 159 Å². The third-order valence-corrected chi connectivity index (χ3v) is 20.5. The molecule has 109 heavy (non-hydrogen) atoms. The molecule has 3 heterocycles. The van der Waals surface area contributed by atoms with Crippen LogP contribution in [0, 0.1) is 30.1 Å². The lowest BCUT2D eigenvalue weighted by atomic mass is 9.85. The highest BCUT2D eigenvalue weighted by Gasteiger charge is 2.51. The minimum Gasteiger partial charge on any atom is -0.457 e. The van der Waals surface area contributed by atoms with Crippen LogP contribution in [0.5, 0.6) is 5.75 Å². The Hall–Kier alpha value is -6.99. The van der Waals surface area contributed by atoms with E-state index in [-0.39, 0.29) is 108 Å². The molecule has 3 aliphatic heterocycles. The maximum Gasteiger partial charge on any atom is 0.315 e. The van der Waals surface area contributed by atoms with Crippen LogP contribution in [-0.4, -0.2) is 117 Å². The summed E-state index contributed by atoms with van der Waals surface area (Å²) in [5, 5.41) is 12.2. The molecule has 4 aromatic rings. The number of Topliss-reactive ketones (excluding diaryl/α,β-unsaturated/α-hetero) is 5. The van der Waals surface area contributed by atoms with E-state index in [9.17, 15) is 38.4 Å². The van der Waals surface area contributed by atoms with E-state index in [1.807, 2.05) is 92.3 Å². The first kappa shape index (κ1) is 100. The summed E-state index contributed by atoms with van der Waals surface area (Å²) >= 11 is 1.90. The van der Waals surface area contributed by atoms with Gasteiger partial charge < -0.3 is 40.2 Å². The molecule has 0 aromatic heterocycles. The van der Waals surface area contributed by atoms with Crippen molar-refractivity contribution in [2.24, 2.45) is 16.2 Å². The summed E-state index contributed by atoms with van der Waals surface area (Å²) in [6.45, 7) is 40.8. The van der Waals surface area contributed by atoms with E-state index in [0.717, 1.165) is 122 Å². The van der Waals surface area contributed by atoms with Crippen LogP contribution in [0.2, 0.25) is 0 Å². The molecule has 2 fully saturated rings. The SMILES string of the molecule is C.C.C=C1C=C(C)c2ccc(C(C)(C)C)cc2O1.CC(C)(C)CCCCC(=O)COCCOCCOCCCC(=O)c1ccc(CC(=O)CCCC[C@H]2SC[C@@]3(C)NC(=O)N[C@@H]23)cc1.Cc1ccccc1NC(=O)CCC(=O)CCCCC(C)(C)C.Cc1ccccc1NC(=O)CCC(=O)CCCCC(C)(C)C.[2HH].[B]. The molecule has 3 radical (unpaired) electrons. The Balaban J connectivity index is 0.00000156. The molecule has 607 valence electrons. The zero-order valence-corrected chi connectivity index (χ0v) is 69.0. The fourth-order valence-electron chi connectivity index (χ4n) is 12.3. The number of benzene rings is 4. The van der Waals surface area contributed by atoms with Crippen molar-refractivity contribution >= 4 is 83.9 Å². The molecule has 0 spiro atoms. The molecule has 3 aliphatic rings. The van der Waals surface area contributed by atoms with Gasteiger partial charge in [0.15, 0.2) is 11.6 Å². The average molecular weight is 1530 g/mol. The van der Waals surface area contributed by atoms with E-state index in [0.29, 0.717) is 118 Å². The highest BCUT2D eigenvalue weighted by molar-refractivity contribution is 8.00. The predicted octanol–water partition coefficient (Wildman–Crippen LogP) is 21.3. The molecule has 4 aromatic carbocycles. The number of urea groups is 1. The molecule has 0 saturated carbocycles. The number of rotatable bonds is 40. The van der Waals surface area contributed by atoms with Gasteiger partial charge in [-0.3, -0.25) is 33.6 Å². The number of ketones is 5. The van der Waals surface area contributed by atoms with Crippen molar-refractivity contribution < 1.29 is 58.7 Å². The molecule has 4 N–H and O–H groups in total. The fraction of sp³-hybridized carbons (Fsp3) is 0.604. The summed E-state index contributed by atoms with van der Waals surface area (Å²) in [4.78, 5) is 96.0. The highest BCUT2D eigenvalue weighted by atomic mass is 32.2. The number of fused-ring (bicyclic) bond motifs is 2. The lowest BCUT2D eigenvalue weighted by Crippen LogP contribution is -2.47. The molecular weight excluding hydrogens is 1380 g/mol. The quantitative estimate of drug-likeness (QED) is 0.0141. The number of ether oxygens (including phenoxy) is 4. The number of amides is 4. The fourth-order valence-corrected chi connectivity index (χ4v) is 14.0. The number of nitrogens with one attached hydrogen (secondary N) is 4. The summed E-state index contributed by atoms with van der Waals surface area (Å²) in [5.74, 6) is 3.19. The Bertz CT molecular complexity index is 3400. The van der Waals surface area contributed by atoms with Gasteiger partial charge in [-0.2, -0.15) is 11.8 Å². The second kappa shape index (κ2) is 50.8. The number of unbranched alkanes of at least 4 members (excludes halogenated alkanes) is 4. The first-order valence-electron chi connectivity index (χ1n) is 38.9. The van der Waals surface area contributed by atoms with Crippen molar-refractivity contribution in [1.82, 2.24) is 10.6 Å². The summed E-state index contributed by atoms with van der Waals surface area (Å²) in [5.41, 5.74) is 9.91. The second-order valence-electron chi connectivity index (χ2n) is 33.8. The lowest BCUT2D eigenvalue weighted by molar-refractivity contribution is -0.124. The Kier molecular flexibility index (Phi) is 46.6. The highest BCUT2D eigenvalue weighted by Crippen LogP contribution is 2.40. The molecule has 3 atom stereocenters. The summed E-state index contributed by atoms with van der Waals surface area (Å²) < 4.78 is 22.1. The van der Waals surface area contributed by atoms with Crippen LogP contribution < -0.4 is 26.0 Å². The summed E-state index contributed by atoms with van der Waals surface area (Å²) in [6.07, 6.45) is 19.1. The van der Waals surface area contributed by atoms with Crippen LogP contribution in [0.25, 0.3) is 5.57 Å². The van der Waals surface area contributed by atoms with Crippen LogP contribution >= 0.6 is 11.8 Å². The molecule has 18 heteroatoms. The molecular formula is C91H142BN4O12S. The van der Waals surface area contributed by atoms with E-state index in [4.69, 9.17) is 18.9 Å². The number of thioether (sulfide) groups is 1. The number of hydrogen-bond donors (Lipinski definition) is 4. The monoisotopic (exact) mass is 1530 g/mol. The van der Waals surface area contributed by atoms with Crippen molar-refractivity contribution in [3.05, 3.63) is 143 Å². The number of aryl methyl sites for hydroxylation is 2. The lowest BCUT2D eigenvalue weighted by Gasteiger charge is -2.23. The largest absolute Gasteiger partial charge is 0.457 e. The number of para-hydroxylation sites is 2. The molecule has 0 aliphatic carbocycles. The van der Waals surface area contributed by atoms with Gasteiger partial charge in [-0.15, -0.1) is 0 Å². The van der Waals surface area contributed by atoms with Gasteiger partial charge >= 0.3 is 6.03 Å². The zero-order valence-electron chi connectivity index (χ0n) is 68.2. The van der Waals surface area contributed by atoms with E-state index < -0.39 is 0 Å².